The number of halogens is 2. The molecule has 2 N–H and O–H groups in total. The molecule has 2 saturated heterocycles. The molecule has 2 fully saturated rings. The van der Waals surface area contributed by atoms with E-state index < -0.39 is 6.04 Å². The van der Waals surface area contributed by atoms with Gasteiger partial charge in [0.25, 0.3) is 5.91 Å². The van der Waals surface area contributed by atoms with E-state index in [-0.39, 0.29) is 30.1 Å². The van der Waals surface area contributed by atoms with Crippen LogP contribution >= 0.6 is 27.5 Å². The van der Waals surface area contributed by atoms with Gasteiger partial charge in [0.15, 0.2) is 0 Å². The molecule has 0 bridgehead atoms. The second-order valence-corrected chi connectivity index (χ2v) is 7.36. The number of imide groups is 1. The molecule has 1 aromatic carbocycles. The van der Waals surface area contributed by atoms with Gasteiger partial charge in [0.2, 0.25) is 11.8 Å². The van der Waals surface area contributed by atoms with Gasteiger partial charge in [-0.15, -0.1) is 0 Å². The van der Waals surface area contributed by atoms with Gasteiger partial charge >= 0.3 is 0 Å². The Kier molecular flexibility index (Phi) is 4.94. The van der Waals surface area contributed by atoms with Crippen LogP contribution in [0.4, 0.5) is 5.69 Å². The monoisotopic (exact) mass is 413 g/mol. The predicted octanol–water partition coefficient (Wildman–Crippen LogP) is 1.93. The molecule has 0 unspecified atom stereocenters. The van der Waals surface area contributed by atoms with Crippen LogP contribution in [0.1, 0.15) is 19.3 Å². The van der Waals surface area contributed by atoms with Crippen molar-refractivity contribution in [3.8, 4) is 0 Å². The number of benzene rings is 1. The fraction of sp³-hybridized carbons (Fsp3) is 0.438. The zero-order valence-electron chi connectivity index (χ0n) is 12.9. The Morgan fingerprint density at radius 3 is 2.50 bits per heavy atom. The first-order valence-corrected chi connectivity index (χ1v) is 8.91. The number of hydrogen-bond acceptors (Lipinski definition) is 4. The highest BCUT2D eigenvalue weighted by Crippen LogP contribution is 2.32. The summed E-state index contributed by atoms with van der Waals surface area (Å²) in [5, 5.41) is 0.443. The lowest BCUT2D eigenvalue weighted by atomic mass is 9.95. The number of nitrogens with two attached hydrogens (primary N) is 1. The first-order valence-electron chi connectivity index (χ1n) is 7.73. The Balaban J connectivity index is 1.75. The van der Waals surface area contributed by atoms with Crippen LogP contribution in [0.25, 0.3) is 0 Å². The number of hydrogen-bond donors (Lipinski definition) is 1. The summed E-state index contributed by atoms with van der Waals surface area (Å²) in [6.45, 7) is 1.18. The molecular weight excluding hydrogens is 398 g/mol. The molecule has 0 radical (unpaired) electrons. The molecule has 0 saturated carbocycles. The SMILES string of the molecule is NC(=O)C1CCN([C@H]2CC(=O)N(c3ccc(Br)c(Cl)c3)C2=O)CC1. The van der Waals surface area contributed by atoms with E-state index in [0.29, 0.717) is 41.1 Å². The molecule has 0 spiro atoms. The number of carbonyl (C=O) groups excluding carboxylic acids is 3. The van der Waals surface area contributed by atoms with Crippen LogP contribution in [0.5, 0.6) is 0 Å². The van der Waals surface area contributed by atoms with Gasteiger partial charge in [0.05, 0.1) is 23.2 Å². The average Bonchev–Trinajstić information content (AvgIpc) is 2.85. The average molecular weight is 415 g/mol. The lowest BCUT2D eigenvalue weighted by Crippen LogP contribution is -2.47. The fourth-order valence-electron chi connectivity index (χ4n) is 3.29. The minimum atomic E-state index is -0.478. The van der Waals surface area contributed by atoms with Crippen LogP contribution in [0.15, 0.2) is 22.7 Å². The molecule has 8 heteroatoms. The maximum atomic E-state index is 12.7. The summed E-state index contributed by atoms with van der Waals surface area (Å²) in [5.41, 5.74) is 5.82. The van der Waals surface area contributed by atoms with Crippen LogP contribution in [0.3, 0.4) is 0 Å². The van der Waals surface area contributed by atoms with E-state index in [2.05, 4.69) is 15.9 Å². The number of likely N-dealkylation sites (tertiary alicyclic amines) is 1. The molecule has 24 heavy (non-hydrogen) atoms. The van der Waals surface area contributed by atoms with Gasteiger partial charge in [0, 0.05) is 10.4 Å². The molecule has 1 atom stereocenters. The smallest absolute Gasteiger partial charge is 0.251 e. The largest absolute Gasteiger partial charge is 0.369 e. The van der Waals surface area contributed by atoms with Gasteiger partial charge < -0.3 is 5.73 Å². The number of nitrogens with zero attached hydrogens (tertiary/aromatic N) is 2. The first kappa shape index (κ1) is 17.4. The van der Waals surface area contributed by atoms with Gasteiger partial charge in [-0.05, 0) is 60.1 Å². The second kappa shape index (κ2) is 6.82. The summed E-state index contributed by atoms with van der Waals surface area (Å²) >= 11 is 9.36. The molecule has 3 amide bonds. The third-order valence-electron chi connectivity index (χ3n) is 4.66. The number of amides is 3. The quantitative estimate of drug-likeness (QED) is 0.766. The molecule has 2 heterocycles. The number of carbonyl (C=O) groups is 3. The van der Waals surface area contributed by atoms with E-state index in [1.54, 1.807) is 18.2 Å². The zero-order valence-corrected chi connectivity index (χ0v) is 15.2. The van der Waals surface area contributed by atoms with E-state index in [4.69, 9.17) is 17.3 Å². The maximum absolute atomic E-state index is 12.7. The topological polar surface area (TPSA) is 83.7 Å². The molecular formula is C16H17BrClN3O3. The van der Waals surface area contributed by atoms with Crippen molar-refractivity contribution >= 4 is 50.9 Å². The highest BCUT2D eigenvalue weighted by Gasteiger charge is 2.43. The third-order valence-corrected chi connectivity index (χ3v) is 5.89. The Morgan fingerprint density at radius 2 is 1.92 bits per heavy atom. The molecule has 2 aliphatic heterocycles. The van der Waals surface area contributed by atoms with Crippen molar-refractivity contribution in [3.05, 3.63) is 27.7 Å². The minimum absolute atomic E-state index is 0.144. The number of primary amides is 1. The molecule has 1 aromatic rings. The normalized spacial score (nSPS) is 23.1. The van der Waals surface area contributed by atoms with E-state index in [9.17, 15) is 14.4 Å². The van der Waals surface area contributed by atoms with Crippen LogP contribution in [-0.2, 0) is 14.4 Å². The van der Waals surface area contributed by atoms with E-state index in [0.717, 1.165) is 0 Å². The van der Waals surface area contributed by atoms with Crippen molar-refractivity contribution in [2.45, 2.75) is 25.3 Å². The Hall–Kier alpha value is -1.44. The van der Waals surface area contributed by atoms with Crippen molar-refractivity contribution in [2.24, 2.45) is 11.7 Å². The lowest BCUT2D eigenvalue weighted by Gasteiger charge is -2.33. The van der Waals surface area contributed by atoms with E-state index >= 15 is 0 Å². The predicted molar refractivity (Wildman–Crippen MR) is 93.5 cm³/mol. The van der Waals surface area contributed by atoms with Crippen LogP contribution in [-0.4, -0.2) is 41.8 Å². The molecule has 128 valence electrons. The summed E-state index contributed by atoms with van der Waals surface area (Å²) in [5.74, 6) is -0.916. The number of anilines is 1. The van der Waals surface area contributed by atoms with E-state index in [1.807, 2.05) is 4.90 Å². The Morgan fingerprint density at radius 1 is 1.25 bits per heavy atom. The summed E-state index contributed by atoms with van der Waals surface area (Å²) < 4.78 is 0.706. The molecule has 0 aromatic heterocycles. The maximum Gasteiger partial charge on any atom is 0.251 e. The van der Waals surface area contributed by atoms with Crippen LogP contribution in [0, 0.1) is 5.92 Å². The van der Waals surface area contributed by atoms with Gasteiger partial charge in [0.1, 0.15) is 0 Å². The minimum Gasteiger partial charge on any atom is -0.369 e. The van der Waals surface area contributed by atoms with Crippen LogP contribution in [0.2, 0.25) is 5.02 Å². The standard InChI is InChI=1S/C16H17BrClN3O3/c17-11-2-1-10(7-12(11)18)21-14(22)8-13(16(21)24)20-5-3-9(4-6-20)15(19)23/h1-2,7,9,13H,3-6,8H2,(H2,19,23)/t13-/m0/s1. The summed E-state index contributed by atoms with van der Waals surface area (Å²) in [7, 11) is 0. The number of piperidine rings is 1. The summed E-state index contributed by atoms with van der Waals surface area (Å²) in [4.78, 5) is 39.5. The highest BCUT2D eigenvalue weighted by molar-refractivity contribution is 9.10. The van der Waals surface area contributed by atoms with Gasteiger partial charge in [-0.3, -0.25) is 19.3 Å². The summed E-state index contributed by atoms with van der Waals surface area (Å²) in [6.07, 6.45) is 1.39. The van der Waals surface area contributed by atoms with Crippen LogP contribution < -0.4 is 10.6 Å². The van der Waals surface area contributed by atoms with Gasteiger partial charge in [-0.1, -0.05) is 11.6 Å². The van der Waals surface area contributed by atoms with E-state index in [1.165, 1.54) is 4.90 Å². The Labute approximate surface area is 153 Å². The zero-order chi connectivity index (χ0) is 17.4. The first-order chi connectivity index (χ1) is 11.4. The second-order valence-electron chi connectivity index (χ2n) is 6.10. The third kappa shape index (κ3) is 3.20. The fourth-order valence-corrected chi connectivity index (χ4v) is 3.71. The molecule has 0 aliphatic carbocycles. The highest BCUT2D eigenvalue weighted by atomic mass is 79.9. The lowest BCUT2D eigenvalue weighted by molar-refractivity contribution is -0.124. The molecule has 6 nitrogen and oxygen atoms in total. The Bertz CT molecular complexity index is 704. The van der Waals surface area contributed by atoms with Crippen molar-refractivity contribution in [2.75, 3.05) is 18.0 Å². The number of rotatable bonds is 3. The molecule has 3 rings (SSSR count). The molecule has 2 aliphatic rings. The van der Waals surface area contributed by atoms with Crippen molar-refractivity contribution in [3.63, 3.8) is 0 Å². The van der Waals surface area contributed by atoms with Crippen molar-refractivity contribution < 1.29 is 14.4 Å². The summed E-state index contributed by atoms with van der Waals surface area (Å²) in [6, 6.07) is 4.52. The van der Waals surface area contributed by atoms with Crippen molar-refractivity contribution in [1.29, 1.82) is 0 Å². The van der Waals surface area contributed by atoms with Gasteiger partial charge in [-0.2, -0.15) is 0 Å². The van der Waals surface area contributed by atoms with Crippen molar-refractivity contribution in [1.82, 2.24) is 4.90 Å². The van der Waals surface area contributed by atoms with Gasteiger partial charge in [-0.25, -0.2) is 4.90 Å².